The van der Waals surface area contributed by atoms with E-state index in [-0.39, 0.29) is 16.5 Å². The number of amides is 1. The van der Waals surface area contributed by atoms with Crippen molar-refractivity contribution in [3.05, 3.63) is 29.6 Å². The van der Waals surface area contributed by atoms with E-state index in [2.05, 4.69) is 12.2 Å². The van der Waals surface area contributed by atoms with Gasteiger partial charge in [0.2, 0.25) is 5.91 Å². The minimum atomic E-state index is -0.480. The van der Waals surface area contributed by atoms with Gasteiger partial charge in [0.25, 0.3) is 0 Å². The Morgan fingerprint density at radius 1 is 1.44 bits per heavy atom. The first-order valence-electron chi connectivity index (χ1n) is 5.93. The van der Waals surface area contributed by atoms with Gasteiger partial charge in [0.15, 0.2) is 0 Å². The summed E-state index contributed by atoms with van der Waals surface area (Å²) in [7, 11) is 0. The van der Waals surface area contributed by atoms with Crippen LogP contribution in [-0.2, 0) is 4.79 Å². The Balaban J connectivity index is 2.65. The molecule has 1 aromatic rings. The highest BCUT2D eigenvalue weighted by Crippen LogP contribution is 2.15. The van der Waals surface area contributed by atoms with E-state index in [4.69, 9.17) is 18.0 Å². The molecule has 1 rings (SSSR count). The Kier molecular flexibility index (Phi) is 5.71. The second kappa shape index (κ2) is 7.06. The van der Waals surface area contributed by atoms with Crippen molar-refractivity contribution in [1.29, 1.82) is 0 Å². The number of halogens is 1. The third-order valence-electron chi connectivity index (χ3n) is 2.52. The maximum Gasteiger partial charge on any atom is 0.224 e. The minimum absolute atomic E-state index is 0.0189. The normalized spacial score (nSPS) is 10.1. The van der Waals surface area contributed by atoms with Gasteiger partial charge in [-0.15, -0.1) is 0 Å². The fraction of sp³-hybridized carbons (Fsp3) is 0.385. The largest absolute Gasteiger partial charge is 0.389 e. The van der Waals surface area contributed by atoms with Crippen LogP contribution in [0.25, 0.3) is 0 Å². The second-order valence-electron chi connectivity index (χ2n) is 4.06. The van der Waals surface area contributed by atoms with E-state index in [0.717, 1.165) is 19.3 Å². The van der Waals surface area contributed by atoms with Gasteiger partial charge in [-0.2, -0.15) is 0 Å². The van der Waals surface area contributed by atoms with Gasteiger partial charge in [0, 0.05) is 17.7 Å². The molecule has 0 bridgehead atoms. The zero-order chi connectivity index (χ0) is 13.5. The monoisotopic (exact) mass is 268 g/mol. The molecule has 98 valence electrons. The lowest BCUT2D eigenvalue weighted by Gasteiger charge is -2.07. The summed E-state index contributed by atoms with van der Waals surface area (Å²) in [4.78, 5) is 11.6. The standard InChI is InChI=1S/C13H17FN2OS/c1-2-3-4-5-12(17)16-9-6-7-11(14)10(8-9)13(15)18/h6-8H,2-5H2,1H3,(H2,15,18)(H,16,17). The van der Waals surface area contributed by atoms with Crippen LogP contribution in [0.2, 0.25) is 0 Å². The van der Waals surface area contributed by atoms with Crippen molar-refractivity contribution in [2.24, 2.45) is 5.73 Å². The number of rotatable bonds is 6. The number of unbranched alkanes of at least 4 members (excludes halogenated alkanes) is 2. The number of carbonyl (C=O) groups excluding carboxylic acids is 1. The van der Waals surface area contributed by atoms with Crippen LogP contribution >= 0.6 is 12.2 Å². The van der Waals surface area contributed by atoms with Gasteiger partial charge in [-0.05, 0) is 24.6 Å². The summed E-state index contributed by atoms with van der Waals surface area (Å²) in [5.41, 5.74) is 6.06. The predicted molar refractivity (Wildman–Crippen MR) is 75.1 cm³/mol. The Bertz CT molecular complexity index is 449. The maximum absolute atomic E-state index is 13.3. The molecule has 0 saturated heterocycles. The first-order chi connectivity index (χ1) is 8.54. The molecule has 1 amide bonds. The third-order valence-corrected chi connectivity index (χ3v) is 2.74. The zero-order valence-electron chi connectivity index (χ0n) is 10.3. The van der Waals surface area contributed by atoms with Gasteiger partial charge in [-0.3, -0.25) is 4.79 Å². The lowest BCUT2D eigenvalue weighted by Crippen LogP contribution is -2.14. The molecular weight excluding hydrogens is 251 g/mol. The SMILES string of the molecule is CCCCCC(=O)Nc1ccc(F)c(C(N)=S)c1. The number of carbonyl (C=O) groups is 1. The van der Waals surface area contributed by atoms with Gasteiger partial charge >= 0.3 is 0 Å². The van der Waals surface area contributed by atoms with Crippen LogP contribution in [0.5, 0.6) is 0 Å². The van der Waals surface area contributed by atoms with E-state index in [0.29, 0.717) is 12.1 Å². The van der Waals surface area contributed by atoms with E-state index >= 15 is 0 Å². The molecule has 0 saturated carbocycles. The molecule has 3 nitrogen and oxygen atoms in total. The topological polar surface area (TPSA) is 55.1 Å². The number of hydrogen-bond acceptors (Lipinski definition) is 2. The summed E-state index contributed by atoms with van der Waals surface area (Å²) in [5.74, 6) is -0.560. The second-order valence-corrected chi connectivity index (χ2v) is 4.50. The molecule has 1 aromatic carbocycles. The number of nitrogens with two attached hydrogens (primary N) is 1. The Morgan fingerprint density at radius 3 is 2.78 bits per heavy atom. The van der Waals surface area contributed by atoms with Gasteiger partial charge < -0.3 is 11.1 Å². The summed E-state index contributed by atoms with van der Waals surface area (Å²) >= 11 is 4.73. The fourth-order valence-corrected chi connectivity index (χ4v) is 1.71. The molecule has 18 heavy (non-hydrogen) atoms. The Morgan fingerprint density at radius 2 is 2.17 bits per heavy atom. The molecule has 0 radical (unpaired) electrons. The molecule has 0 heterocycles. The van der Waals surface area contributed by atoms with Crippen molar-refractivity contribution in [2.75, 3.05) is 5.32 Å². The van der Waals surface area contributed by atoms with Gasteiger partial charge in [0.05, 0.1) is 0 Å². The Labute approximate surface area is 112 Å². The summed E-state index contributed by atoms with van der Waals surface area (Å²) in [6, 6.07) is 4.19. The van der Waals surface area contributed by atoms with Crippen molar-refractivity contribution in [2.45, 2.75) is 32.6 Å². The number of hydrogen-bond donors (Lipinski definition) is 2. The van der Waals surface area contributed by atoms with Crippen molar-refractivity contribution in [1.82, 2.24) is 0 Å². The van der Waals surface area contributed by atoms with Gasteiger partial charge in [0.1, 0.15) is 10.8 Å². The van der Waals surface area contributed by atoms with Crippen LogP contribution in [0, 0.1) is 5.82 Å². The molecule has 0 atom stereocenters. The van der Waals surface area contributed by atoms with Crippen LogP contribution < -0.4 is 11.1 Å². The van der Waals surface area contributed by atoms with Crippen molar-refractivity contribution >= 4 is 28.8 Å². The first kappa shape index (κ1) is 14.6. The summed E-state index contributed by atoms with van der Waals surface area (Å²) < 4.78 is 13.3. The number of anilines is 1. The average Bonchev–Trinajstić information content (AvgIpc) is 2.31. The lowest BCUT2D eigenvalue weighted by molar-refractivity contribution is -0.116. The quantitative estimate of drug-likeness (QED) is 0.616. The highest BCUT2D eigenvalue weighted by atomic mass is 32.1. The van der Waals surface area contributed by atoms with E-state index in [1.165, 1.54) is 18.2 Å². The van der Waals surface area contributed by atoms with Crippen LogP contribution in [0.15, 0.2) is 18.2 Å². The highest BCUT2D eigenvalue weighted by molar-refractivity contribution is 7.80. The first-order valence-corrected chi connectivity index (χ1v) is 6.34. The van der Waals surface area contributed by atoms with Crippen LogP contribution in [-0.4, -0.2) is 10.9 Å². The van der Waals surface area contributed by atoms with E-state index < -0.39 is 5.82 Å². The van der Waals surface area contributed by atoms with Crippen molar-refractivity contribution < 1.29 is 9.18 Å². The summed E-state index contributed by atoms with van der Waals surface area (Å²) in [6.45, 7) is 2.08. The van der Waals surface area contributed by atoms with Gasteiger partial charge in [-0.25, -0.2) is 4.39 Å². The van der Waals surface area contributed by atoms with E-state index in [1.807, 2.05) is 0 Å². The smallest absolute Gasteiger partial charge is 0.224 e. The predicted octanol–water partition coefficient (Wildman–Crippen LogP) is 2.98. The highest BCUT2D eigenvalue weighted by Gasteiger charge is 2.08. The Hall–Kier alpha value is -1.49. The molecule has 3 N–H and O–H groups in total. The summed E-state index contributed by atoms with van der Waals surface area (Å²) in [5, 5.41) is 2.70. The lowest BCUT2D eigenvalue weighted by atomic mass is 10.1. The van der Waals surface area contributed by atoms with Crippen molar-refractivity contribution in [3.8, 4) is 0 Å². The molecular formula is C13H17FN2OS. The third kappa shape index (κ3) is 4.41. The molecule has 0 unspecified atom stereocenters. The molecule has 0 spiro atoms. The number of nitrogens with one attached hydrogen (secondary N) is 1. The molecule has 0 aliphatic carbocycles. The van der Waals surface area contributed by atoms with Crippen LogP contribution in [0.4, 0.5) is 10.1 Å². The van der Waals surface area contributed by atoms with E-state index in [1.54, 1.807) is 0 Å². The number of benzene rings is 1. The molecule has 5 heteroatoms. The van der Waals surface area contributed by atoms with Crippen molar-refractivity contribution in [3.63, 3.8) is 0 Å². The maximum atomic E-state index is 13.3. The molecule has 0 aliphatic rings. The van der Waals surface area contributed by atoms with Crippen LogP contribution in [0.1, 0.15) is 38.2 Å². The van der Waals surface area contributed by atoms with E-state index in [9.17, 15) is 9.18 Å². The molecule has 0 aromatic heterocycles. The molecule has 0 aliphatic heterocycles. The fourth-order valence-electron chi connectivity index (χ4n) is 1.55. The van der Waals surface area contributed by atoms with Gasteiger partial charge in [-0.1, -0.05) is 32.0 Å². The average molecular weight is 268 g/mol. The minimum Gasteiger partial charge on any atom is -0.389 e. The molecule has 0 fully saturated rings. The van der Waals surface area contributed by atoms with Crippen LogP contribution in [0.3, 0.4) is 0 Å². The summed E-state index contributed by atoms with van der Waals surface area (Å²) in [6.07, 6.45) is 3.41. The zero-order valence-corrected chi connectivity index (χ0v) is 11.1. The number of thiocarbonyl (C=S) groups is 1.